The fourth-order valence-corrected chi connectivity index (χ4v) is 1.39. The van der Waals surface area contributed by atoms with Crippen LogP contribution in [0.5, 0.6) is 0 Å². The van der Waals surface area contributed by atoms with Crippen LogP contribution in [-0.4, -0.2) is 18.6 Å². The van der Waals surface area contributed by atoms with Crippen LogP contribution in [0, 0.1) is 5.92 Å². The normalized spacial score (nSPS) is 35.3. The second kappa shape index (κ2) is 3.43. The van der Waals surface area contributed by atoms with Gasteiger partial charge in [-0.1, -0.05) is 6.92 Å². The van der Waals surface area contributed by atoms with Crippen molar-refractivity contribution < 1.29 is 4.74 Å². The molecule has 2 atom stereocenters. The Balaban J connectivity index is 2.20. The summed E-state index contributed by atoms with van der Waals surface area (Å²) in [5.41, 5.74) is 0. The summed E-state index contributed by atoms with van der Waals surface area (Å²) < 4.78 is 5.42. The highest BCUT2D eigenvalue weighted by atomic mass is 35.5. The fraction of sp³-hybridized carbons (Fsp3) is 1.00. The SMILES string of the molecule is CCC1CC(CCl)CO1. The summed E-state index contributed by atoms with van der Waals surface area (Å²) >= 11 is 5.65. The van der Waals surface area contributed by atoms with Gasteiger partial charge in [-0.3, -0.25) is 0 Å². The maximum Gasteiger partial charge on any atom is 0.0576 e. The molecule has 54 valence electrons. The van der Waals surface area contributed by atoms with Crippen LogP contribution in [0.25, 0.3) is 0 Å². The van der Waals surface area contributed by atoms with E-state index in [1.165, 1.54) is 6.42 Å². The van der Waals surface area contributed by atoms with Crippen molar-refractivity contribution in [1.82, 2.24) is 0 Å². The van der Waals surface area contributed by atoms with E-state index in [9.17, 15) is 0 Å². The lowest BCUT2D eigenvalue weighted by atomic mass is 10.1. The average Bonchev–Trinajstić information content (AvgIpc) is 2.34. The molecular weight excluding hydrogens is 136 g/mol. The molecule has 0 N–H and O–H groups in total. The largest absolute Gasteiger partial charge is 0.378 e. The van der Waals surface area contributed by atoms with Gasteiger partial charge in [0.05, 0.1) is 12.7 Å². The maximum absolute atomic E-state index is 5.65. The highest BCUT2D eigenvalue weighted by molar-refractivity contribution is 6.18. The molecule has 2 heteroatoms. The molecule has 2 unspecified atom stereocenters. The number of rotatable bonds is 2. The number of halogens is 1. The maximum atomic E-state index is 5.65. The highest BCUT2D eigenvalue weighted by Gasteiger charge is 2.22. The van der Waals surface area contributed by atoms with Crippen LogP contribution < -0.4 is 0 Å². The second-order valence-corrected chi connectivity index (χ2v) is 2.93. The van der Waals surface area contributed by atoms with Gasteiger partial charge < -0.3 is 4.74 Å². The van der Waals surface area contributed by atoms with Crippen molar-refractivity contribution in [1.29, 1.82) is 0 Å². The van der Waals surface area contributed by atoms with Gasteiger partial charge in [-0.05, 0) is 18.8 Å². The van der Waals surface area contributed by atoms with E-state index in [1.54, 1.807) is 0 Å². The summed E-state index contributed by atoms with van der Waals surface area (Å²) in [6, 6.07) is 0. The fourth-order valence-electron chi connectivity index (χ4n) is 1.17. The van der Waals surface area contributed by atoms with E-state index in [-0.39, 0.29) is 0 Å². The van der Waals surface area contributed by atoms with E-state index in [2.05, 4.69) is 6.92 Å². The topological polar surface area (TPSA) is 9.23 Å². The molecule has 0 spiro atoms. The summed E-state index contributed by atoms with van der Waals surface area (Å²) in [7, 11) is 0. The monoisotopic (exact) mass is 148 g/mol. The Morgan fingerprint density at radius 2 is 2.44 bits per heavy atom. The number of hydrogen-bond acceptors (Lipinski definition) is 1. The molecule has 1 fully saturated rings. The summed E-state index contributed by atoms with van der Waals surface area (Å²) in [5.74, 6) is 1.38. The van der Waals surface area contributed by atoms with Gasteiger partial charge in [-0.2, -0.15) is 0 Å². The van der Waals surface area contributed by atoms with E-state index in [0.717, 1.165) is 18.9 Å². The minimum atomic E-state index is 0.494. The van der Waals surface area contributed by atoms with Gasteiger partial charge in [0.15, 0.2) is 0 Å². The van der Waals surface area contributed by atoms with Crippen LogP contribution in [0.3, 0.4) is 0 Å². The third kappa shape index (κ3) is 1.84. The van der Waals surface area contributed by atoms with Crippen LogP contribution in [0.1, 0.15) is 19.8 Å². The van der Waals surface area contributed by atoms with Gasteiger partial charge in [-0.15, -0.1) is 11.6 Å². The van der Waals surface area contributed by atoms with Crippen molar-refractivity contribution in [2.45, 2.75) is 25.9 Å². The summed E-state index contributed by atoms with van der Waals surface area (Å²) in [6.07, 6.45) is 2.79. The third-order valence-electron chi connectivity index (χ3n) is 1.84. The van der Waals surface area contributed by atoms with Crippen molar-refractivity contribution >= 4 is 11.6 Å². The van der Waals surface area contributed by atoms with E-state index >= 15 is 0 Å². The lowest BCUT2D eigenvalue weighted by molar-refractivity contribution is 0.105. The number of hydrogen-bond donors (Lipinski definition) is 0. The molecule has 0 radical (unpaired) electrons. The Bertz CT molecular complexity index is 75.0. The zero-order chi connectivity index (χ0) is 6.69. The first-order valence-electron chi connectivity index (χ1n) is 3.54. The van der Waals surface area contributed by atoms with Gasteiger partial charge in [-0.25, -0.2) is 0 Å². The quantitative estimate of drug-likeness (QED) is 0.545. The molecule has 9 heavy (non-hydrogen) atoms. The molecule has 0 aromatic heterocycles. The molecule has 0 aromatic rings. The smallest absolute Gasteiger partial charge is 0.0576 e. The first-order chi connectivity index (χ1) is 4.36. The molecular formula is C7H13ClO. The van der Waals surface area contributed by atoms with E-state index in [4.69, 9.17) is 16.3 Å². The molecule has 0 saturated carbocycles. The van der Waals surface area contributed by atoms with Gasteiger partial charge in [0, 0.05) is 5.88 Å². The van der Waals surface area contributed by atoms with E-state index < -0.39 is 0 Å². The predicted molar refractivity (Wildman–Crippen MR) is 38.9 cm³/mol. The van der Waals surface area contributed by atoms with Crippen LogP contribution in [-0.2, 0) is 4.74 Å². The second-order valence-electron chi connectivity index (χ2n) is 2.62. The van der Waals surface area contributed by atoms with Crippen LogP contribution >= 0.6 is 11.6 Å². The third-order valence-corrected chi connectivity index (χ3v) is 2.27. The lowest BCUT2D eigenvalue weighted by Gasteiger charge is -2.02. The van der Waals surface area contributed by atoms with Crippen molar-refractivity contribution in [3.05, 3.63) is 0 Å². The van der Waals surface area contributed by atoms with Gasteiger partial charge in [0.25, 0.3) is 0 Å². The van der Waals surface area contributed by atoms with Gasteiger partial charge in [0.1, 0.15) is 0 Å². The Hall–Kier alpha value is 0.250. The molecule has 1 aliphatic rings. The predicted octanol–water partition coefficient (Wildman–Crippen LogP) is 2.04. The Morgan fingerprint density at radius 3 is 2.78 bits per heavy atom. The summed E-state index contributed by atoms with van der Waals surface area (Å²) in [4.78, 5) is 0. The molecule has 1 heterocycles. The number of ether oxygens (including phenoxy) is 1. The Labute approximate surface area is 61.3 Å². The molecule has 0 aliphatic carbocycles. The first-order valence-corrected chi connectivity index (χ1v) is 4.07. The summed E-state index contributed by atoms with van der Waals surface area (Å²) in [5, 5.41) is 0. The molecule has 1 nitrogen and oxygen atoms in total. The van der Waals surface area contributed by atoms with Crippen molar-refractivity contribution in [2.24, 2.45) is 5.92 Å². The Kier molecular flexibility index (Phi) is 2.80. The summed E-state index contributed by atoms with van der Waals surface area (Å²) in [6.45, 7) is 3.03. The van der Waals surface area contributed by atoms with Crippen molar-refractivity contribution in [3.8, 4) is 0 Å². The van der Waals surface area contributed by atoms with Gasteiger partial charge in [0.2, 0.25) is 0 Å². The van der Waals surface area contributed by atoms with Crippen LogP contribution in [0.4, 0.5) is 0 Å². The molecule has 1 saturated heterocycles. The highest BCUT2D eigenvalue weighted by Crippen LogP contribution is 2.22. The van der Waals surface area contributed by atoms with Gasteiger partial charge >= 0.3 is 0 Å². The molecule has 0 bridgehead atoms. The zero-order valence-electron chi connectivity index (χ0n) is 5.77. The molecule has 0 amide bonds. The average molecular weight is 149 g/mol. The first kappa shape index (κ1) is 7.36. The van der Waals surface area contributed by atoms with Crippen LogP contribution in [0.15, 0.2) is 0 Å². The lowest BCUT2D eigenvalue weighted by Crippen LogP contribution is -2.02. The molecule has 1 aliphatic heterocycles. The van der Waals surface area contributed by atoms with Crippen molar-refractivity contribution in [3.63, 3.8) is 0 Å². The molecule has 0 aromatic carbocycles. The minimum Gasteiger partial charge on any atom is -0.378 e. The number of alkyl halides is 1. The van der Waals surface area contributed by atoms with Crippen LogP contribution in [0.2, 0.25) is 0 Å². The minimum absolute atomic E-state index is 0.494. The zero-order valence-corrected chi connectivity index (χ0v) is 6.53. The Morgan fingerprint density at radius 1 is 1.67 bits per heavy atom. The van der Waals surface area contributed by atoms with E-state index in [1.807, 2.05) is 0 Å². The standard InChI is InChI=1S/C7H13ClO/c1-2-7-3-6(4-8)5-9-7/h6-7H,2-5H2,1H3. The van der Waals surface area contributed by atoms with E-state index in [0.29, 0.717) is 12.0 Å². The molecule has 1 rings (SSSR count). The van der Waals surface area contributed by atoms with Crippen molar-refractivity contribution in [2.75, 3.05) is 12.5 Å².